The lowest BCUT2D eigenvalue weighted by atomic mass is 10.1. The maximum absolute atomic E-state index is 10.0. The Labute approximate surface area is 97.6 Å². The van der Waals surface area contributed by atoms with Gasteiger partial charge in [-0.05, 0) is 26.3 Å². The minimum atomic E-state index is -0.213. The Hall–Kier alpha value is -1.35. The molecule has 0 radical (unpaired) electrons. The molecule has 3 heteroatoms. The van der Waals surface area contributed by atoms with Crippen molar-refractivity contribution in [1.82, 2.24) is 0 Å². The number of benzene rings is 1. The van der Waals surface area contributed by atoms with Crippen LogP contribution < -0.4 is 5.73 Å². The summed E-state index contributed by atoms with van der Waals surface area (Å²) in [7, 11) is 0. The first-order valence-corrected chi connectivity index (χ1v) is 5.41. The molecule has 0 amide bonds. The Bertz CT molecular complexity index is 294. The maximum atomic E-state index is 10.0. The number of carbonyl (C=O) groups excluding carboxylic acids is 1. The highest BCUT2D eigenvalue weighted by Gasteiger charge is 1.94. The van der Waals surface area contributed by atoms with Gasteiger partial charge in [0.05, 0.1) is 6.10 Å². The largest absolute Gasteiger partial charge is 0.463 e. The molecule has 3 nitrogen and oxygen atoms in total. The van der Waals surface area contributed by atoms with Gasteiger partial charge in [-0.25, -0.2) is 0 Å². The van der Waals surface area contributed by atoms with E-state index in [2.05, 4.69) is 4.74 Å². The standard InChI is InChI=1S/C8H11N.C5H10O2/c1-7(9)8-5-3-2-4-6-8;1-4(2)7-5(3)6/h2-7H,9H2,1H3;4H,1-3H3/t7-;/m0./s1. The van der Waals surface area contributed by atoms with Crippen molar-refractivity contribution in [3.05, 3.63) is 35.9 Å². The third kappa shape index (κ3) is 8.00. The van der Waals surface area contributed by atoms with Crippen LogP contribution in [0.1, 0.15) is 39.3 Å². The van der Waals surface area contributed by atoms with Crippen LogP contribution in [0, 0.1) is 0 Å². The first kappa shape index (κ1) is 14.6. The van der Waals surface area contributed by atoms with Crippen LogP contribution >= 0.6 is 0 Å². The molecular formula is C13H21NO2. The number of carbonyl (C=O) groups is 1. The van der Waals surface area contributed by atoms with E-state index in [1.54, 1.807) is 0 Å². The van der Waals surface area contributed by atoms with Gasteiger partial charge < -0.3 is 10.5 Å². The van der Waals surface area contributed by atoms with Gasteiger partial charge in [0.1, 0.15) is 0 Å². The molecule has 1 atom stereocenters. The third-order valence-electron chi connectivity index (χ3n) is 1.73. The summed E-state index contributed by atoms with van der Waals surface area (Å²) in [5.41, 5.74) is 6.81. The number of hydrogen-bond donors (Lipinski definition) is 1. The van der Waals surface area contributed by atoms with E-state index in [4.69, 9.17) is 5.73 Å². The first-order chi connectivity index (χ1) is 7.43. The summed E-state index contributed by atoms with van der Waals surface area (Å²) in [6.07, 6.45) is 0.0255. The highest BCUT2D eigenvalue weighted by Crippen LogP contribution is 2.06. The predicted octanol–water partition coefficient (Wildman–Crippen LogP) is 2.66. The molecule has 90 valence electrons. The van der Waals surface area contributed by atoms with E-state index in [-0.39, 0.29) is 18.1 Å². The van der Waals surface area contributed by atoms with Crippen molar-refractivity contribution in [2.45, 2.75) is 39.8 Å². The van der Waals surface area contributed by atoms with E-state index >= 15 is 0 Å². The minimum absolute atomic E-state index is 0.0255. The van der Waals surface area contributed by atoms with Crippen LogP contribution in [-0.4, -0.2) is 12.1 Å². The normalized spacial score (nSPS) is 11.4. The predicted molar refractivity (Wildman–Crippen MR) is 65.9 cm³/mol. The van der Waals surface area contributed by atoms with E-state index in [0.717, 1.165) is 0 Å². The fraction of sp³-hybridized carbons (Fsp3) is 0.462. The molecule has 0 aliphatic carbocycles. The molecule has 1 aromatic carbocycles. The summed E-state index contributed by atoms with van der Waals surface area (Å²) in [6.45, 7) is 7.03. The molecular weight excluding hydrogens is 202 g/mol. The summed E-state index contributed by atoms with van der Waals surface area (Å²) < 4.78 is 4.61. The maximum Gasteiger partial charge on any atom is 0.302 e. The van der Waals surface area contributed by atoms with Crippen LogP contribution in [0.2, 0.25) is 0 Å². The molecule has 1 rings (SSSR count). The molecule has 0 fully saturated rings. The molecule has 0 aromatic heterocycles. The van der Waals surface area contributed by atoms with Gasteiger partial charge in [-0.15, -0.1) is 0 Å². The Kier molecular flexibility index (Phi) is 7.21. The zero-order valence-corrected chi connectivity index (χ0v) is 10.4. The van der Waals surface area contributed by atoms with Gasteiger partial charge in [0.25, 0.3) is 0 Å². The minimum Gasteiger partial charge on any atom is -0.463 e. The average molecular weight is 223 g/mol. The van der Waals surface area contributed by atoms with Crippen LogP contribution in [0.3, 0.4) is 0 Å². The molecule has 0 spiro atoms. The molecule has 0 unspecified atom stereocenters. The number of rotatable bonds is 2. The Balaban J connectivity index is 0.000000293. The van der Waals surface area contributed by atoms with Crippen LogP contribution in [0.25, 0.3) is 0 Å². The summed E-state index contributed by atoms with van der Waals surface area (Å²) >= 11 is 0. The van der Waals surface area contributed by atoms with Crippen molar-refractivity contribution in [2.75, 3.05) is 0 Å². The second-order valence-corrected chi connectivity index (χ2v) is 3.86. The Morgan fingerprint density at radius 2 is 1.69 bits per heavy atom. The fourth-order valence-corrected chi connectivity index (χ4v) is 1.09. The van der Waals surface area contributed by atoms with Crippen LogP contribution in [0.5, 0.6) is 0 Å². The molecule has 2 N–H and O–H groups in total. The summed E-state index contributed by atoms with van der Waals surface area (Å²) in [4.78, 5) is 10.0. The number of hydrogen-bond acceptors (Lipinski definition) is 3. The van der Waals surface area contributed by atoms with E-state index in [0.29, 0.717) is 0 Å². The summed E-state index contributed by atoms with van der Waals surface area (Å²) in [5, 5.41) is 0. The molecule has 0 heterocycles. The van der Waals surface area contributed by atoms with Crippen molar-refractivity contribution in [3.63, 3.8) is 0 Å². The fourth-order valence-electron chi connectivity index (χ4n) is 1.09. The number of esters is 1. The van der Waals surface area contributed by atoms with Gasteiger partial charge in [-0.3, -0.25) is 4.79 Å². The van der Waals surface area contributed by atoms with E-state index in [1.807, 2.05) is 51.1 Å². The van der Waals surface area contributed by atoms with E-state index in [1.165, 1.54) is 12.5 Å². The number of ether oxygens (including phenoxy) is 1. The van der Waals surface area contributed by atoms with Gasteiger partial charge in [0.15, 0.2) is 0 Å². The number of nitrogens with two attached hydrogens (primary N) is 1. The lowest BCUT2D eigenvalue weighted by Crippen LogP contribution is -2.06. The van der Waals surface area contributed by atoms with Crippen LogP contribution in [-0.2, 0) is 9.53 Å². The SMILES string of the molecule is CC(=O)OC(C)C.C[C@H](N)c1ccccc1. The summed E-state index contributed by atoms with van der Waals surface area (Å²) in [6, 6.07) is 10.2. The lowest BCUT2D eigenvalue weighted by molar-refractivity contribution is -0.144. The van der Waals surface area contributed by atoms with Gasteiger partial charge in [-0.2, -0.15) is 0 Å². The molecule has 0 saturated carbocycles. The second-order valence-electron chi connectivity index (χ2n) is 3.86. The molecule has 0 aliphatic heterocycles. The van der Waals surface area contributed by atoms with Crippen LogP contribution in [0.4, 0.5) is 0 Å². The molecule has 16 heavy (non-hydrogen) atoms. The van der Waals surface area contributed by atoms with E-state index in [9.17, 15) is 4.79 Å². The third-order valence-corrected chi connectivity index (χ3v) is 1.73. The molecule has 0 bridgehead atoms. The quantitative estimate of drug-likeness (QED) is 0.784. The average Bonchev–Trinajstić information content (AvgIpc) is 2.17. The monoisotopic (exact) mass is 223 g/mol. The molecule has 0 aliphatic rings. The topological polar surface area (TPSA) is 52.3 Å². The van der Waals surface area contributed by atoms with Crippen molar-refractivity contribution < 1.29 is 9.53 Å². The van der Waals surface area contributed by atoms with Crippen molar-refractivity contribution in [2.24, 2.45) is 5.73 Å². The van der Waals surface area contributed by atoms with Gasteiger partial charge in [-0.1, -0.05) is 30.3 Å². The molecule has 1 aromatic rings. The zero-order chi connectivity index (χ0) is 12.6. The Morgan fingerprint density at radius 3 is 1.88 bits per heavy atom. The second kappa shape index (κ2) is 7.88. The van der Waals surface area contributed by atoms with Crippen molar-refractivity contribution in [1.29, 1.82) is 0 Å². The lowest BCUT2D eigenvalue weighted by Gasteiger charge is -2.02. The van der Waals surface area contributed by atoms with Crippen molar-refractivity contribution >= 4 is 5.97 Å². The van der Waals surface area contributed by atoms with Gasteiger partial charge >= 0.3 is 5.97 Å². The highest BCUT2D eigenvalue weighted by molar-refractivity contribution is 5.66. The Morgan fingerprint density at radius 1 is 1.19 bits per heavy atom. The highest BCUT2D eigenvalue weighted by atomic mass is 16.5. The zero-order valence-electron chi connectivity index (χ0n) is 10.4. The van der Waals surface area contributed by atoms with Gasteiger partial charge in [0, 0.05) is 13.0 Å². The van der Waals surface area contributed by atoms with Gasteiger partial charge in [0.2, 0.25) is 0 Å². The smallest absolute Gasteiger partial charge is 0.302 e. The summed E-state index contributed by atoms with van der Waals surface area (Å²) in [5.74, 6) is -0.213. The molecule has 0 saturated heterocycles. The van der Waals surface area contributed by atoms with Crippen LogP contribution in [0.15, 0.2) is 30.3 Å². The van der Waals surface area contributed by atoms with Crippen molar-refractivity contribution in [3.8, 4) is 0 Å². The first-order valence-electron chi connectivity index (χ1n) is 5.41. The van der Waals surface area contributed by atoms with E-state index < -0.39 is 0 Å².